The van der Waals surface area contributed by atoms with Crippen LogP contribution in [0.25, 0.3) is 0 Å². The largest absolute Gasteiger partial charge is 0.508 e. The van der Waals surface area contributed by atoms with Crippen LogP contribution >= 0.6 is 0 Å². The molecule has 0 amide bonds. The lowest BCUT2D eigenvalue weighted by Crippen LogP contribution is -2.34. The standard InChI is InChI=1S/C30H24O10/c31-15-5-1-13(2-6-15)28-22(37)11-18-19(34)12-21(36)25(30(18)40-28)26-27(38)24-20(35)9-17(33)10-23(24)39-29(26)14-3-7-16(32)8-4-14/h1-10,12,22,26,28-29,31-37H,11H2/t22-,26-,28-,29+/m1/s1. The summed E-state index contributed by atoms with van der Waals surface area (Å²) < 4.78 is 12.4. The first kappa shape index (κ1) is 25.2. The van der Waals surface area contributed by atoms with Gasteiger partial charge in [0.05, 0.1) is 17.6 Å². The highest BCUT2D eigenvalue weighted by Gasteiger charge is 2.46. The number of aliphatic hydroxyl groups excluding tert-OH is 1. The molecule has 0 aromatic heterocycles. The van der Waals surface area contributed by atoms with Gasteiger partial charge in [0, 0.05) is 30.2 Å². The van der Waals surface area contributed by atoms with Crippen molar-refractivity contribution < 1.29 is 50.0 Å². The van der Waals surface area contributed by atoms with Crippen LogP contribution in [0.3, 0.4) is 0 Å². The van der Waals surface area contributed by atoms with Crippen LogP contribution in [0.2, 0.25) is 0 Å². The molecule has 4 atom stereocenters. The molecule has 2 heterocycles. The predicted molar refractivity (Wildman–Crippen MR) is 139 cm³/mol. The van der Waals surface area contributed by atoms with Gasteiger partial charge in [-0.1, -0.05) is 24.3 Å². The van der Waals surface area contributed by atoms with Crippen molar-refractivity contribution in [1.82, 2.24) is 0 Å². The fraction of sp³-hybridized carbons (Fsp3) is 0.167. The van der Waals surface area contributed by atoms with Gasteiger partial charge in [-0.3, -0.25) is 4.79 Å². The number of ketones is 1. The average Bonchev–Trinajstić information content (AvgIpc) is 2.90. The molecule has 0 unspecified atom stereocenters. The van der Waals surface area contributed by atoms with Gasteiger partial charge in [-0.25, -0.2) is 0 Å². The second-order valence-electron chi connectivity index (χ2n) is 9.85. The summed E-state index contributed by atoms with van der Waals surface area (Å²) in [5.74, 6) is -3.80. The Morgan fingerprint density at radius 2 is 1.25 bits per heavy atom. The Morgan fingerprint density at radius 3 is 1.88 bits per heavy atom. The summed E-state index contributed by atoms with van der Waals surface area (Å²) in [6, 6.07) is 15.1. The molecule has 40 heavy (non-hydrogen) atoms. The van der Waals surface area contributed by atoms with E-state index in [1.807, 2.05) is 0 Å². The van der Waals surface area contributed by atoms with Gasteiger partial charge >= 0.3 is 0 Å². The topological polar surface area (TPSA) is 177 Å². The Labute approximate surface area is 227 Å². The van der Waals surface area contributed by atoms with E-state index in [9.17, 15) is 40.5 Å². The number of rotatable bonds is 3. The van der Waals surface area contributed by atoms with Crippen LogP contribution in [0.4, 0.5) is 0 Å². The molecule has 6 rings (SSSR count). The monoisotopic (exact) mass is 544 g/mol. The van der Waals surface area contributed by atoms with Crippen LogP contribution in [0.5, 0.6) is 46.0 Å². The SMILES string of the molecule is O=C1c2c(O)cc(O)cc2O[C@@H](c2ccc(O)cc2)[C@@H]1c1c(O)cc(O)c2c1O[C@H](c1ccc(O)cc1)[C@H](O)C2. The second-order valence-corrected chi connectivity index (χ2v) is 9.85. The molecule has 0 saturated heterocycles. The van der Waals surface area contributed by atoms with Crippen LogP contribution in [0.1, 0.15) is 50.7 Å². The van der Waals surface area contributed by atoms with E-state index in [-0.39, 0.29) is 57.6 Å². The first-order valence-electron chi connectivity index (χ1n) is 12.4. The van der Waals surface area contributed by atoms with Crippen molar-refractivity contribution in [2.24, 2.45) is 0 Å². The molecular formula is C30H24O10. The van der Waals surface area contributed by atoms with E-state index in [1.165, 1.54) is 42.5 Å². The summed E-state index contributed by atoms with van der Waals surface area (Å²) in [6.07, 6.45) is -3.29. The smallest absolute Gasteiger partial charge is 0.182 e. The van der Waals surface area contributed by atoms with E-state index in [2.05, 4.69) is 0 Å². The van der Waals surface area contributed by atoms with Crippen molar-refractivity contribution in [2.45, 2.75) is 30.7 Å². The summed E-state index contributed by atoms with van der Waals surface area (Å²) >= 11 is 0. The highest BCUT2D eigenvalue weighted by Crippen LogP contribution is 2.55. The van der Waals surface area contributed by atoms with E-state index in [1.54, 1.807) is 12.1 Å². The third kappa shape index (κ3) is 4.05. The zero-order valence-electron chi connectivity index (χ0n) is 20.7. The fourth-order valence-electron chi connectivity index (χ4n) is 5.43. The minimum absolute atomic E-state index is 0.0108. The van der Waals surface area contributed by atoms with Crippen molar-refractivity contribution in [2.75, 3.05) is 0 Å². The second kappa shape index (κ2) is 9.28. The molecule has 2 aliphatic rings. The minimum atomic E-state index is -1.32. The molecule has 4 aromatic rings. The lowest BCUT2D eigenvalue weighted by Gasteiger charge is -2.37. The fourth-order valence-corrected chi connectivity index (χ4v) is 5.43. The third-order valence-electron chi connectivity index (χ3n) is 7.29. The predicted octanol–water partition coefficient (Wildman–Crippen LogP) is 4.06. The number of aromatic hydroxyl groups is 6. The van der Waals surface area contributed by atoms with Crippen molar-refractivity contribution >= 4 is 5.78 Å². The highest BCUT2D eigenvalue weighted by molar-refractivity contribution is 6.07. The van der Waals surface area contributed by atoms with E-state index >= 15 is 0 Å². The molecule has 204 valence electrons. The highest BCUT2D eigenvalue weighted by atomic mass is 16.5. The molecule has 7 N–H and O–H groups in total. The van der Waals surface area contributed by atoms with E-state index in [4.69, 9.17) is 9.47 Å². The number of hydrogen-bond acceptors (Lipinski definition) is 10. The number of carbonyl (C=O) groups is 1. The summed E-state index contributed by atoms with van der Waals surface area (Å²) in [6.45, 7) is 0. The number of phenols is 6. The zero-order valence-corrected chi connectivity index (χ0v) is 20.7. The third-order valence-corrected chi connectivity index (χ3v) is 7.29. The molecule has 0 saturated carbocycles. The van der Waals surface area contributed by atoms with Crippen LogP contribution in [-0.2, 0) is 6.42 Å². The van der Waals surface area contributed by atoms with Gasteiger partial charge in [-0.15, -0.1) is 0 Å². The summed E-state index contributed by atoms with van der Waals surface area (Å²) in [5.41, 5.74) is 0.837. The van der Waals surface area contributed by atoms with Gasteiger partial charge in [-0.05, 0) is 35.4 Å². The van der Waals surface area contributed by atoms with Gasteiger partial charge < -0.3 is 45.2 Å². The summed E-state index contributed by atoms with van der Waals surface area (Å²) in [4.78, 5) is 14.1. The summed E-state index contributed by atoms with van der Waals surface area (Å²) in [5, 5.41) is 72.9. The Hall–Kier alpha value is -5.09. The number of aliphatic hydroxyl groups is 1. The maximum absolute atomic E-state index is 14.1. The number of carbonyl (C=O) groups excluding carboxylic acids is 1. The van der Waals surface area contributed by atoms with E-state index < -0.39 is 41.5 Å². The van der Waals surface area contributed by atoms with E-state index in [0.717, 1.165) is 12.1 Å². The Morgan fingerprint density at radius 1 is 0.650 bits per heavy atom. The summed E-state index contributed by atoms with van der Waals surface area (Å²) in [7, 11) is 0. The lowest BCUT2D eigenvalue weighted by atomic mass is 9.78. The van der Waals surface area contributed by atoms with Gasteiger partial charge in [0.1, 0.15) is 63.8 Å². The van der Waals surface area contributed by atoms with Crippen LogP contribution in [-0.4, -0.2) is 47.6 Å². The molecule has 10 nitrogen and oxygen atoms in total. The van der Waals surface area contributed by atoms with Gasteiger partial charge in [-0.2, -0.15) is 0 Å². The quantitative estimate of drug-likeness (QED) is 0.199. The molecule has 0 spiro atoms. The molecule has 0 bridgehead atoms. The average molecular weight is 545 g/mol. The molecule has 4 aromatic carbocycles. The Balaban J connectivity index is 1.56. The molecule has 0 fully saturated rings. The lowest BCUT2D eigenvalue weighted by molar-refractivity contribution is 0.0179. The number of hydrogen-bond donors (Lipinski definition) is 7. The van der Waals surface area contributed by atoms with Gasteiger partial charge in [0.25, 0.3) is 0 Å². The minimum Gasteiger partial charge on any atom is -0.508 e. The Bertz CT molecular complexity index is 1630. The molecule has 10 heteroatoms. The first-order chi connectivity index (χ1) is 19.1. The zero-order chi connectivity index (χ0) is 28.3. The normalized spacial score (nSPS) is 21.6. The number of phenolic OH excluding ortho intramolecular Hbond substituents is 6. The maximum Gasteiger partial charge on any atom is 0.182 e. The maximum atomic E-state index is 14.1. The molecule has 0 radical (unpaired) electrons. The van der Waals surface area contributed by atoms with Crippen LogP contribution in [0.15, 0.2) is 66.7 Å². The van der Waals surface area contributed by atoms with Gasteiger partial charge in [0.2, 0.25) is 0 Å². The number of benzene rings is 4. The van der Waals surface area contributed by atoms with Crippen LogP contribution in [0, 0.1) is 0 Å². The first-order valence-corrected chi connectivity index (χ1v) is 12.4. The Kier molecular flexibility index (Phi) is 5.85. The van der Waals surface area contributed by atoms with Crippen molar-refractivity contribution in [3.05, 3.63) is 94.5 Å². The molecular weight excluding hydrogens is 520 g/mol. The van der Waals surface area contributed by atoms with Gasteiger partial charge in [0.15, 0.2) is 5.78 Å². The molecule has 2 aliphatic heterocycles. The number of ether oxygens (including phenoxy) is 2. The van der Waals surface area contributed by atoms with Crippen molar-refractivity contribution in [3.8, 4) is 46.0 Å². The number of Topliss-reactive ketones (excluding diaryl/α,β-unsaturated/α-hetero) is 1. The van der Waals surface area contributed by atoms with Crippen molar-refractivity contribution in [1.29, 1.82) is 0 Å². The van der Waals surface area contributed by atoms with Crippen molar-refractivity contribution in [3.63, 3.8) is 0 Å². The van der Waals surface area contributed by atoms with E-state index in [0.29, 0.717) is 11.1 Å². The van der Waals surface area contributed by atoms with Crippen LogP contribution < -0.4 is 9.47 Å². The number of fused-ring (bicyclic) bond motifs is 2. The molecule has 0 aliphatic carbocycles.